The fraction of sp³-hybridized carbons (Fsp3) is 0.773. The highest BCUT2D eigenvalue weighted by atomic mass is 16.4. The molecule has 0 radical (unpaired) electrons. The molecule has 1 aliphatic rings. The number of likely N-dealkylation sites (N-methyl/N-ethyl adjacent to an activating group) is 2. The molecule has 29 heavy (non-hydrogen) atoms. The van der Waals surface area contributed by atoms with Crippen LogP contribution in [-0.2, 0) is 14.4 Å². The first-order chi connectivity index (χ1) is 13.3. The fourth-order valence-electron chi connectivity index (χ4n) is 3.72. The summed E-state index contributed by atoms with van der Waals surface area (Å²) in [5, 5.41) is 12.2. The molecule has 7 nitrogen and oxygen atoms in total. The SMILES string of the molecule is CC(=C[C@H](C(C)C)N(C)C(=O)[C@@H](NC(=O)[C@H]1CCCCN1C)C(C)(C)C)C(=O)O. The summed E-state index contributed by atoms with van der Waals surface area (Å²) in [5.41, 5.74) is -0.287. The van der Waals surface area contributed by atoms with Crippen molar-refractivity contribution in [2.24, 2.45) is 11.3 Å². The van der Waals surface area contributed by atoms with Gasteiger partial charge in [-0.25, -0.2) is 4.79 Å². The summed E-state index contributed by atoms with van der Waals surface area (Å²) in [7, 11) is 3.62. The Hall–Kier alpha value is -1.89. The van der Waals surface area contributed by atoms with Crippen molar-refractivity contribution in [3.05, 3.63) is 11.6 Å². The van der Waals surface area contributed by atoms with Crippen molar-refractivity contribution in [3.8, 4) is 0 Å². The van der Waals surface area contributed by atoms with Gasteiger partial charge < -0.3 is 15.3 Å². The van der Waals surface area contributed by atoms with Gasteiger partial charge in [-0.2, -0.15) is 0 Å². The summed E-state index contributed by atoms with van der Waals surface area (Å²) >= 11 is 0. The molecule has 0 saturated carbocycles. The van der Waals surface area contributed by atoms with Crippen LogP contribution in [0.15, 0.2) is 11.6 Å². The Labute approximate surface area is 175 Å². The molecule has 1 heterocycles. The molecule has 0 spiro atoms. The third-order valence-electron chi connectivity index (χ3n) is 5.71. The van der Waals surface area contributed by atoms with Crippen molar-refractivity contribution in [3.63, 3.8) is 0 Å². The number of nitrogens with one attached hydrogen (secondary N) is 1. The van der Waals surface area contributed by atoms with Gasteiger partial charge in [0, 0.05) is 12.6 Å². The zero-order valence-electron chi connectivity index (χ0n) is 19.3. The van der Waals surface area contributed by atoms with Gasteiger partial charge in [0.1, 0.15) is 6.04 Å². The first-order valence-corrected chi connectivity index (χ1v) is 10.5. The second-order valence-electron chi connectivity index (χ2n) is 9.64. The van der Waals surface area contributed by atoms with Crippen LogP contribution in [0.1, 0.15) is 60.8 Å². The molecule has 0 aromatic heterocycles. The third kappa shape index (κ3) is 6.84. The van der Waals surface area contributed by atoms with Crippen LogP contribution in [0.4, 0.5) is 0 Å². The van der Waals surface area contributed by atoms with Crippen LogP contribution in [0.5, 0.6) is 0 Å². The first-order valence-electron chi connectivity index (χ1n) is 10.5. The third-order valence-corrected chi connectivity index (χ3v) is 5.71. The van der Waals surface area contributed by atoms with Crippen molar-refractivity contribution < 1.29 is 19.5 Å². The molecule has 1 aliphatic heterocycles. The van der Waals surface area contributed by atoms with Crippen molar-refractivity contribution in [2.75, 3.05) is 20.6 Å². The highest BCUT2D eigenvalue weighted by Crippen LogP contribution is 2.25. The Kier molecular flexibility index (Phi) is 8.87. The molecule has 0 aromatic carbocycles. The van der Waals surface area contributed by atoms with Crippen LogP contribution in [0.2, 0.25) is 0 Å². The Balaban J connectivity index is 3.10. The number of piperidine rings is 1. The molecule has 0 unspecified atom stereocenters. The highest BCUT2D eigenvalue weighted by Gasteiger charge is 2.39. The van der Waals surface area contributed by atoms with Crippen LogP contribution >= 0.6 is 0 Å². The highest BCUT2D eigenvalue weighted by molar-refractivity contribution is 5.91. The predicted octanol–water partition coefficient (Wildman–Crippen LogP) is 2.52. The van der Waals surface area contributed by atoms with Gasteiger partial charge in [-0.1, -0.05) is 47.1 Å². The molecular formula is C22H39N3O4. The topological polar surface area (TPSA) is 90.0 Å². The first kappa shape index (κ1) is 25.1. The molecule has 0 aromatic rings. The summed E-state index contributed by atoms with van der Waals surface area (Å²) in [5.74, 6) is -1.30. The average Bonchev–Trinajstić information content (AvgIpc) is 2.61. The number of likely N-dealkylation sites (tertiary alicyclic amines) is 1. The van der Waals surface area contributed by atoms with E-state index in [1.165, 1.54) is 6.92 Å². The Morgan fingerprint density at radius 1 is 1.21 bits per heavy atom. The maximum Gasteiger partial charge on any atom is 0.331 e. The Morgan fingerprint density at radius 3 is 2.24 bits per heavy atom. The van der Waals surface area contributed by atoms with E-state index < -0.39 is 17.4 Å². The van der Waals surface area contributed by atoms with Gasteiger partial charge in [0.05, 0.1) is 12.1 Å². The van der Waals surface area contributed by atoms with E-state index in [0.29, 0.717) is 0 Å². The van der Waals surface area contributed by atoms with E-state index in [-0.39, 0.29) is 35.4 Å². The molecule has 1 saturated heterocycles. The second-order valence-corrected chi connectivity index (χ2v) is 9.64. The number of amides is 2. The molecule has 2 N–H and O–H groups in total. The second kappa shape index (κ2) is 10.2. The maximum absolute atomic E-state index is 13.4. The van der Waals surface area contributed by atoms with E-state index in [4.69, 9.17) is 0 Å². The van der Waals surface area contributed by atoms with E-state index >= 15 is 0 Å². The predicted molar refractivity (Wildman–Crippen MR) is 114 cm³/mol. The van der Waals surface area contributed by atoms with Gasteiger partial charge >= 0.3 is 5.97 Å². The fourth-order valence-corrected chi connectivity index (χ4v) is 3.72. The lowest BCUT2D eigenvalue weighted by Gasteiger charge is -2.39. The lowest BCUT2D eigenvalue weighted by molar-refractivity contribution is -0.141. The van der Waals surface area contributed by atoms with E-state index in [9.17, 15) is 19.5 Å². The maximum atomic E-state index is 13.4. The van der Waals surface area contributed by atoms with Crippen LogP contribution in [0, 0.1) is 11.3 Å². The summed E-state index contributed by atoms with van der Waals surface area (Å²) < 4.78 is 0. The minimum absolute atomic E-state index is 0.0269. The lowest BCUT2D eigenvalue weighted by atomic mass is 9.84. The number of carbonyl (C=O) groups is 3. The van der Waals surface area contributed by atoms with Crippen molar-refractivity contribution in [1.29, 1.82) is 0 Å². The van der Waals surface area contributed by atoms with Crippen molar-refractivity contribution in [2.45, 2.75) is 78.9 Å². The molecule has 2 amide bonds. The molecule has 1 fully saturated rings. The zero-order valence-corrected chi connectivity index (χ0v) is 19.3. The van der Waals surface area contributed by atoms with Gasteiger partial charge in [-0.05, 0) is 44.7 Å². The van der Waals surface area contributed by atoms with E-state index in [1.54, 1.807) is 18.0 Å². The number of hydrogen-bond donors (Lipinski definition) is 2. The number of aliphatic carboxylic acids is 1. The smallest absolute Gasteiger partial charge is 0.331 e. The quantitative estimate of drug-likeness (QED) is 0.631. The van der Waals surface area contributed by atoms with E-state index in [1.807, 2.05) is 46.6 Å². The van der Waals surface area contributed by atoms with Gasteiger partial charge in [0.2, 0.25) is 11.8 Å². The van der Waals surface area contributed by atoms with Gasteiger partial charge in [0.25, 0.3) is 0 Å². The number of nitrogens with zero attached hydrogens (tertiary/aromatic N) is 2. The molecule has 0 bridgehead atoms. The van der Waals surface area contributed by atoms with Crippen LogP contribution in [0.25, 0.3) is 0 Å². The zero-order chi connectivity index (χ0) is 22.5. The van der Waals surface area contributed by atoms with E-state index in [0.717, 1.165) is 25.8 Å². The van der Waals surface area contributed by atoms with Gasteiger partial charge in [-0.15, -0.1) is 0 Å². The molecular weight excluding hydrogens is 370 g/mol. The van der Waals surface area contributed by atoms with Crippen LogP contribution in [-0.4, -0.2) is 71.5 Å². The molecule has 3 atom stereocenters. The largest absolute Gasteiger partial charge is 0.478 e. The standard InChI is InChI=1S/C22H39N3O4/c1-14(2)17(13-15(3)21(28)29)25(8)20(27)18(22(4,5)6)23-19(26)16-11-9-10-12-24(16)7/h13-14,16-18H,9-12H2,1-8H3,(H,23,26)(H,28,29)/t16-,17-,18-/m1/s1. The number of hydrogen-bond acceptors (Lipinski definition) is 4. The minimum atomic E-state index is -1.00. The minimum Gasteiger partial charge on any atom is -0.478 e. The van der Waals surface area contributed by atoms with E-state index in [2.05, 4.69) is 5.32 Å². The normalized spacial score (nSPS) is 20.9. The van der Waals surface area contributed by atoms with Crippen LogP contribution in [0.3, 0.4) is 0 Å². The van der Waals surface area contributed by atoms with Gasteiger partial charge in [0.15, 0.2) is 0 Å². The molecule has 166 valence electrons. The molecule has 0 aliphatic carbocycles. The molecule has 1 rings (SSSR count). The summed E-state index contributed by atoms with van der Waals surface area (Å²) in [4.78, 5) is 41.2. The summed E-state index contributed by atoms with van der Waals surface area (Å²) in [6.45, 7) is 12.1. The monoisotopic (exact) mass is 409 g/mol. The number of carboxylic acid groups (broad SMARTS) is 1. The number of carbonyl (C=O) groups excluding carboxylic acids is 2. The van der Waals surface area contributed by atoms with Crippen molar-refractivity contribution >= 4 is 17.8 Å². The summed E-state index contributed by atoms with van der Waals surface area (Å²) in [6, 6.07) is -1.30. The number of carboxylic acids is 1. The lowest BCUT2D eigenvalue weighted by Crippen LogP contribution is -2.59. The number of rotatable bonds is 7. The van der Waals surface area contributed by atoms with Crippen LogP contribution < -0.4 is 5.32 Å². The summed E-state index contributed by atoms with van der Waals surface area (Å²) in [6.07, 6.45) is 4.49. The van der Waals surface area contributed by atoms with Crippen molar-refractivity contribution in [1.82, 2.24) is 15.1 Å². The van der Waals surface area contributed by atoms with Gasteiger partial charge in [-0.3, -0.25) is 14.5 Å². The Bertz CT molecular complexity index is 636. The average molecular weight is 410 g/mol. The Morgan fingerprint density at radius 2 is 1.79 bits per heavy atom. The molecule has 7 heteroatoms.